The van der Waals surface area contributed by atoms with Gasteiger partial charge < -0.3 is 10.4 Å². The standard InChI is InChI=1S/C14H23NO3S/c1-2-10-5-7-14(8-6-10,13(17)18)15-12(16)11-4-3-9-19-11/h10-11H,2-9H2,1H3,(H,15,16)(H,17,18). The van der Waals surface area contributed by atoms with E-state index in [2.05, 4.69) is 12.2 Å². The highest BCUT2D eigenvalue weighted by Gasteiger charge is 2.44. The smallest absolute Gasteiger partial charge is 0.329 e. The van der Waals surface area contributed by atoms with Crippen LogP contribution in [0.3, 0.4) is 0 Å². The average molecular weight is 285 g/mol. The summed E-state index contributed by atoms with van der Waals surface area (Å²) in [6.07, 6.45) is 5.99. The van der Waals surface area contributed by atoms with Crippen LogP contribution in [-0.4, -0.2) is 33.5 Å². The zero-order valence-corrected chi connectivity index (χ0v) is 12.3. The molecule has 2 aliphatic rings. The van der Waals surface area contributed by atoms with Crippen LogP contribution >= 0.6 is 11.8 Å². The van der Waals surface area contributed by atoms with Crippen molar-refractivity contribution < 1.29 is 14.7 Å². The summed E-state index contributed by atoms with van der Waals surface area (Å²) in [6.45, 7) is 2.15. The minimum atomic E-state index is -1.01. The Kier molecular flexibility index (Phi) is 4.76. The molecule has 1 aliphatic carbocycles. The van der Waals surface area contributed by atoms with Crippen LogP contribution in [-0.2, 0) is 9.59 Å². The first-order valence-electron chi connectivity index (χ1n) is 7.24. The van der Waals surface area contributed by atoms with E-state index in [9.17, 15) is 14.7 Å². The SMILES string of the molecule is CCC1CCC(NC(=O)C2CCCS2)(C(=O)O)CC1. The van der Waals surface area contributed by atoms with Crippen LogP contribution in [0.25, 0.3) is 0 Å². The third kappa shape index (κ3) is 3.25. The van der Waals surface area contributed by atoms with Crippen LogP contribution < -0.4 is 5.32 Å². The first-order chi connectivity index (χ1) is 9.07. The van der Waals surface area contributed by atoms with E-state index in [1.54, 1.807) is 11.8 Å². The summed E-state index contributed by atoms with van der Waals surface area (Å²) in [5.74, 6) is 0.694. The number of carbonyl (C=O) groups excluding carboxylic acids is 1. The van der Waals surface area contributed by atoms with Gasteiger partial charge in [-0.15, -0.1) is 11.8 Å². The van der Waals surface area contributed by atoms with Crippen molar-refractivity contribution in [2.45, 2.75) is 62.7 Å². The van der Waals surface area contributed by atoms with Crippen molar-refractivity contribution in [1.29, 1.82) is 0 Å². The van der Waals surface area contributed by atoms with E-state index < -0.39 is 11.5 Å². The number of nitrogens with one attached hydrogen (secondary N) is 1. The molecule has 108 valence electrons. The quantitative estimate of drug-likeness (QED) is 0.832. The molecule has 0 bridgehead atoms. The molecule has 1 unspecified atom stereocenters. The van der Waals surface area contributed by atoms with Crippen LogP contribution in [0.2, 0.25) is 0 Å². The maximum atomic E-state index is 12.2. The van der Waals surface area contributed by atoms with Crippen molar-refractivity contribution in [2.75, 3.05) is 5.75 Å². The molecule has 1 aliphatic heterocycles. The van der Waals surface area contributed by atoms with Crippen molar-refractivity contribution >= 4 is 23.6 Å². The molecule has 19 heavy (non-hydrogen) atoms. The van der Waals surface area contributed by atoms with Crippen LogP contribution in [0.4, 0.5) is 0 Å². The van der Waals surface area contributed by atoms with E-state index in [0.29, 0.717) is 18.8 Å². The molecule has 2 rings (SSSR count). The molecule has 1 amide bonds. The van der Waals surface area contributed by atoms with Gasteiger partial charge in [0.25, 0.3) is 0 Å². The number of carboxylic acid groups (broad SMARTS) is 1. The summed E-state index contributed by atoms with van der Waals surface area (Å²) in [5, 5.41) is 12.3. The largest absolute Gasteiger partial charge is 0.480 e. The zero-order chi connectivity index (χ0) is 13.9. The number of amides is 1. The van der Waals surface area contributed by atoms with E-state index in [-0.39, 0.29) is 11.2 Å². The predicted octanol–water partition coefficient (Wildman–Crippen LogP) is 2.42. The Labute approximate surface area is 118 Å². The zero-order valence-electron chi connectivity index (χ0n) is 11.5. The molecule has 0 aromatic rings. The maximum absolute atomic E-state index is 12.2. The van der Waals surface area contributed by atoms with Gasteiger partial charge in [-0.3, -0.25) is 4.79 Å². The first-order valence-corrected chi connectivity index (χ1v) is 8.29. The van der Waals surface area contributed by atoms with Gasteiger partial charge in [-0.2, -0.15) is 0 Å². The number of carbonyl (C=O) groups is 2. The lowest BCUT2D eigenvalue weighted by molar-refractivity contribution is -0.149. The molecule has 5 heteroatoms. The topological polar surface area (TPSA) is 66.4 Å². The number of thioether (sulfide) groups is 1. The van der Waals surface area contributed by atoms with Crippen LogP contribution in [0.5, 0.6) is 0 Å². The Morgan fingerprint density at radius 2 is 2.00 bits per heavy atom. The monoisotopic (exact) mass is 285 g/mol. The number of hydrogen-bond donors (Lipinski definition) is 2. The first kappa shape index (κ1) is 14.7. The van der Waals surface area contributed by atoms with E-state index in [1.807, 2.05) is 0 Å². The number of carboxylic acids is 1. The summed E-state index contributed by atoms with van der Waals surface area (Å²) in [5.41, 5.74) is -1.01. The number of hydrogen-bond acceptors (Lipinski definition) is 3. The minimum absolute atomic E-state index is 0.0416. The molecular formula is C14H23NO3S. The fourth-order valence-corrected chi connectivity index (χ4v) is 4.23. The van der Waals surface area contributed by atoms with Gasteiger partial charge in [-0.25, -0.2) is 4.79 Å². The molecule has 0 aromatic heterocycles. The Hall–Kier alpha value is -0.710. The Morgan fingerprint density at radius 1 is 1.32 bits per heavy atom. The van der Waals surface area contributed by atoms with Crippen molar-refractivity contribution in [2.24, 2.45) is 5.92 Å². The fourth-order valence-electron chi connectivity index (χ4n) is 3.07. The summed E-state index contributed by atoms with van der Waals surface area (Å²) in [7, 11) is 0. The Morgan fingerprint density at radius 3 is 2.47 bits per heavy atom. The third-order valence-electron chi connectivity index (χ3n) is 4.53. The lowest BCUT2D eigenvalue weighted by Crippen LogP contribution is -2.57. The van der Waals surface area contributed by atoms with Gasteiger partial charge in [0.1, 0.15) is 5.54 Å². The highest BCUT2D eigenvalue weighted by atomic mass is 32.2. The van der Waals surface area contributed by atoms with Gasteiger partial charge in [0.15, 0.2) is 0 Å². The van der Waals surface area contributed by atoms with Crippen LogP contribution in [0.15, 0.2) is 0 Å². The fraction of sp³-hybridized carbons (Fsp3) is 0.857. The van der Waals surface area contributed by atoms with Gasteiger partial charge in [-0.05, 0) is 50.2 Å². The van der Waals surface area contributed by atoms with Crippen LogP contribution in [0, 0.1) is 5.92 Å². The van der Waals surface area contributed by atoms with Crippen molar-refractivity contribution in [3.05, 3.63) is 0 Å². The molecule has 1 saturated carbocycles. The second kappa shape index (κ2) is 6.16. The lowest BCUT2D eigenvalue weighted by Gasteiger charge is -2.37. The van der Waals surface area contributed by atoms with Gasteiger partial charge in [-0.1, -0.05) is 13.3 Å². The molecule has 0 aromatic carbocycles. The molecule has 2 N–H and O–H groups in total. The molecule has 4 nitrogen and oxygen atoms in total. The van der Waals surface area contributed by atoms with E-state index >= 15 is 0 Å². The van der Waals surface area contributed by atoms with Crippen LogP contribution in [0.1, 0.15) is 51.9 Å². The highest BCUT2D eigenvalue weighted by Crippen LogP contribution is 2.35. The molecular weight excluding hydrogens is 262 g/mol. The highest BCUT2D eigenvalue weighted by molar-refractivity contribution is 8.00. The molecule has 0 radical (unpaired) electrons. The summed E-state index contributed by atoms with van der Waals surface area (Å²) < 4.78 is 0. The number of rotatable bonds is 4. The van der Waals surface area contributed by atoms with Gasteiger partial charge in [0.2, 0.25) is 5.91 Å². The normalized spacial score (nSPS) is 35.0. The average Bonchev–Trinajstić information content (AvgIpc) is 2.93. The van der Waals surface area contributed by atoms with E-state index in [1.165, 1.54) is 0 Å². The second-order valence-corrected chi connectivity index (χ2v) is 7.04. The molecule has 1 heterocycles. The van der Waals surface area contributed by atoms with E-state index in [0.717, 1.165) is 37.9 Å². The molecule has 1 atom stereocenters. The molecule has 2 fully saturated rings. The minimum Gasteiger partial charge on any atom is -0.480 e. The maximum Gasteiger partial charge on any atom is 0.329 e. The Bertz CT molecular complexity index is 345. The van der Waals surface area contributed by atoms with Crippen molar-refractivity contribution in [3.63, 3.8) is 0 Å². The van der Waals surface area contributed by atoms with E-state index in [4.69, 9.17) is 0 Å². The van der Waals surface area contributed by atoms with Crippen molar-refractivity contribution in [1.82, 2.24) is 5.32 Å². The second-order valence-electron chi connectivity index (χ2n) is 5.73. The van der Waals surface area contributed by atoms with Crippen molar-refractivity contribution in [3.8, 4) is 0 Å². The van der Waals surface area contributed by atoms with Gasteiger partial charge in [0, 0.05) is 0 Å². The molecule has 0 spiro atoms. The number of aliphatic carboxylic acids is 1. The lowest BCUT2D eigenvalue weighted by atomic mass is 9.75. The van der Waals surface area contributed by atoms with Gasteiger partial charge in [0.05, 0.1) is 5.25 Å². The third-order valence-corrected chi connectivity index (χ3v) is 5.91. The predicted molar refractivity (Wildman–Crippen MR) is 76.2 cm³/mol. The summed E-state index contributed by atoms with van der Waals surface area (Å²) >= 11 is 1.65. The molecule has 1 saturated heterocycles. The summed E-state index contributed by atoms with van der Waals surface area (Å²) in [4.78, 5) is 23.8. The Balaban J connectivity index is 2.00. The van der Waals surface area contributed by atoms with Gasteiger partial charge >= 0.3 is 5.97 Å². The summed E-state index contributed by atoms with van der Waals surface area (Å²) in [6, 6.07) is 0.